The number of hydrogen-bond donors (Lipinski definition) is 2. The van der Waals surface area contributed by atoms with Gasteiger partial charge in [0.2, 0.25) is 0 Å². The van der Waals surface area contributed by atoms with E-state index in [2.05, 4.69) is 10.3 Å². The summed E-state index contributed by atoms with van der Waals surface area (Å²) in [7, 11) is 0. The van der Waals surface area contributed by atoms with Gasteiger partial charge in [-0.2, -0.15) is 0 Å². The van der Waals surface area contributed by atoms with Gasteiger partial charge >= 0.3 is 5.97 Å². The fourth-order valence-corrected chi connectivity index (χ4v) is 1.08. The van der Waals surface area contributed by atoms with Crippen molar-refractivity contribution >= 4 is 11.9 Å². The summed E-state index contributed by atoms with van der Waals surface area (Å²) in [5, 5.41) is 11.4. The van der Waals surface area contributed by atoms with Crippen molar-refractivity contribution in [1.82, 2.24) is 10.3 Å². The summed E-state index contributed by atoms with van der Waals surface area (Å²) in [6.45, 7) is 3.82. The van der Waals surface area contributed by atoms with E-state index in [1.165, 1.54) is 18.2 Å². The highest BCUT2D eigenvalue weighted by Crippen LogP contribution is 2.00. The minimum atomic E-state index is -1.14. The lowest BCUT2D eigenvalue weighted by Gasteiger charge is -2.10. The van der Waals surface area contributed by atoms with Crippen LogP contribution in [0.2, 0.25) is 0 Å². The minimum Gasteiger partial charge on any atom is -0.477 e. The molecule has 1 aromatic rings. The molecule has 0 fully saturated rings. The molecule has 1 atom stereocenters. The monoisotopic (exact) mass is 222 g/mol. The normalized spacial score (nSPS) is 11.9. The number of amides is 1. The van der Waals surface area contributed by atoms with E-state index in [1.54, 1.807) is 0 Å². The van der Waals surface area contributed by atoms with E-state index >= 15 is 0 Å². The average Bonchev–Trinajstić information content (AvgIpc) is 2.28. The summed E-state index contributed by atoms with van der Waals surface area (Å²) in [4.78, 5) is 26.0. The Morgan fingerprint density at radius 2 is 2.06 bits per heavy atom. The zero-order valence-electron chi connectivity index (χ0n) is 9.23. The van der Waals surface area contributed by atoms with E-state index in [1.807, 2.05) is 13.8 Å². The third-order valence-corrected chi connectivity index (χ3v) is 2.19. The zero-order valence-corrected chi connectivity index (χ0v) is 9.23. The van der Waals surface area contributed by atoms with Crippen molar-refractivity contribution < 1.29 is 14.7 Å². The van der Waals surface area contributed by atoms with Crippen LogP contribution in [-0.4, -0.2) is 28.0 Å². The van der Waals surface area contributed by atoms with Gasteiger partial charge in [0.1, 0.15) is 11.4 Å². The molecule has 16 heavy (non-hydrogen) atoms. The summed E-state index contributed by atoms with van der Waals surface area (Å²) in [6.07, 6.45) is 0.810. The number of hydrogen-bond acceptors (Lipinski definition) is 3. The highest BCUT2D eigenvalue weighted by molar-refractivity contribution is 5.94. The molecule has 0 spiro atoms. The molecule has 86 valence electrons. The summed E-state index contributed by atoms with van der Waals surface area (Å²) >= 11 is 0. The molecular formula is C11H14N2O3. The molecule has 0 aliphatic heterocycles. The molecule has 0 aromatic carbocycles. The second kappa shape index (κ2) is 5.25. The molecule has 5 nitrogen and oxygen atoms in total. The lowest BCUT2D eigenvalue weighted by atomic mass is 10.2. The smallest absolute Gasteiger partial charge is 0.354 e. The van der Waals surface area contributed by atoms with Crippen LogP contribution in [0, 0.1) is 0 Å². The van der Waals surface area contributed by atoms with Gasteiger partial charge in [-0.15, -0.1) is 0 Å². The Hall–Kier alpha value is -1.91. The minimum absolute atomic E-state index is 0.0442. The number of pyridine rings is 1. The number of carbonyl (C=O) groups excluding carboxylic acids is 1. The van der Waals surface area contributed by atoms with Crippen LogP contribution in [0.25, 0.3) is 0 Å². The van der Waals surface area contributed by atoms with Crippen LogP contribution in [0.3, 0.4) is 0 Å². The molecule has 5 heteroatoms. The van der Waals surface area contributed by atoms with Crippen molar-refractivity contribution in [2.24, 2.45) is 0 Å². The molecule has 0 bridgehead atoms. The van der Waals surface area contributed by atoms with Crippen molar-refractivity contribution in [2.75, 3.05) is 0 Å². The number of carboxylic acid groups (broad SMARTS) is 1. The number of carbonyl (C=O) groups is 2. The summed E-state index contributed by atoms with van der Waals surface area (Å²) in [5.41, 5.74) is -0.00278. The van der Waals surface area contributed by atoms with Gasteiger partial charge in [0.05, 0.1) is 0 Å². The molecule has 1 amide bonds. The number of aromatic nitrogens is 1. The lowest BCUT2D eigenvalue weighted by Crippen LogP contribution is -2.32. The van der Waals surface area contributed by atoms with E-state index in [0.29, 0.717) is 0 Å². The number of nitrogens with one attached hydrogen (secondary N) is 1. The van der Waals surface area contributed by atoms with Crippen molar-refractivity contribution in [3.05, 3.63) is 29.6 Å². The van der Waals surface area contributed by atoms with Crippen LogP contribution in [0.15, 0.2) is 18.2 Å². The molecule has 1 heterocycles. The summed E-state index contributed by atoms with van der Waals surface area (Å²) < 4.78 is 0. The van der Waals surface area contributed by atoms with Gasteiger partial charge < -0.3 is 10.4 Å². The van der Waals surface area contributed by atoms with Gasteiger partial charge in [-0.25, -0.2) is 9.78 Å². The van der Waals surface area contributed by atoms with Crippen molar-refractivity contribution in [3.63, 3.8) is 0 Å². The maximum Gasteiger partial charge on any atom is 0.354 e. The number of carboxylic acids is 1. The van der Waals surface area contributed by atoms with Gasteiger partial charge in [0.15, 0.2) is 0 Å². The summed E-state index contributed by atoms with van der Waals surface area (Å²) in [6, 6.07) is 4.39. The number of nitrogens with zero attached hydrogens (tertiary/aromatic N) is 1. The number of rotatable bonds is 4. The van der Waals surface area contributed by atoms with Gasteiger partial charge in [-0.3, -0.25) is 4.79 Å². The van der Waals surface area contributed by atoms with Crippen LogP contribution >= 0.6 is 0 Å². The Bertz CT molecular complexity index is 404. The molecular weight excluding hydrogens is 208 g/mol. The lowest BCUT2D eigenvalue weighted by molar-refractivity contribution is 0.0690. The van der Waals surface area contributed by atoms with E-state index < -0.39 is 5.97 Å². The molecule has 2 N–H and O–H groups in total. The maximum atomic E-state index is 11.6. The third kappa shape index (κ3) is 3.05. The first-order valence-corrected chi connectivity index (χ1v) is 5.05. The summed E-state index contributed by atoms with van der Waals surface area (Å²) in [5.74, 6) is -1.49. The third-order valence-electron chi connectivity index (χ3n) is 2.19. The van der Waals surface area contributed by atoms with Gasteiger partial charge in [-0.1, -0.05) is 13.0 Å². The largest absolute Gasteiger partial charge is 0.477 e. The van der Waals surface area contributed by atoms with E-state index in [-0.39, 0.29) is 23.3 Å². The topological polar surface area (TPSA) is 79.3 Å². The first-order valence-electron chi connectivity index (χ1n) is 5.05. The van der Waals surface area contributed by atoms with E-state index in [0.717, 1.165) is 6.42 Å². The standard InChI is InChI=1S/C11H14N2O3/c1-3-7(2)12-10(14)8-5-4-6-9(13-8)11(15)16/h4-7H,3H2,1-2H3,(H,12,14)(H,15,16). The Kier molecular flexibility index (Phi) is 3.99. The number of aromatic carboxylic acids is 1. The Morgan fingerprint density at radius 3 is 2.62 bits per heavy atom. The average molecular weight is 222 g/mol. The molecule has 0 aliphatic carbocycles. The highest BCUT2D eigenvalue weighted by atomic mass is 16.4. The molecule has 1 unspecified atom stereocenters. The van der Waals surface area contributed by atoms with Crippen LogP contribution in [0.4, 0.5) is 0 Å². The Balaban J connectivity index is 2.83. The first kappa shape index (κ1) is 12.2. The van der Waals surface area contributed by atoms with Crippen molar-refractivity contribution in [2.45, 2.75) is 26.3 Å². The van der Waals surface area contributed by atoms with Gasteiger partial charge in [-0.05, 0) is 25.5 Å². The van der Waals surface area contributed by atoms with Crippen molar-refractivity contribution in [3.8, 4) is 0 Å². The second-order valence-electron chi connectivity index (χ2n) is 3.50. The molecule has 0 aliphatic rings. The molecule has 1 rings (SSSR count). The van der Waals surface area contributed by atoms with Crippen LogP contribution in [0.1, 0.15) is 41.2 Å². The van der Waals surface area contributed by atoms with E-state index in [9.17, 15) is 9.59 Å². The molecule has 0 saturated heterocycles. The molecule has 0 radical (unpaired) electrons. The quantitative estimate of drug-likeness (QED) is 0.804. The van der Waals surface area contributed by atoms with Crippen LogP contribution in [-0.2, 0) is 0 Å². The van der Waals surface area contributed by atoms with Crippen LogP contribution < -0.4 is 5.32 Å². The Labute approximate surface area is 93.5 Å². The zero-order chi connectivity index (χ0) is 12.1. The molecule has 1 aromatic heterocycles. The van der Waals surface area contributed by atoms with Gasteiger partial charge in [0, 0.05) is 6.04 Å². The van der Waals surface area contributed by atoms with E-state index in [4.69, 9.17) is 5.11 Å². The fourth-order valence-electron chi connectivity index (χ4n) is 1.08. The highest BCUT2D eigenvalue weighted by Gasteiger charge is 2.12. The second-order valence-corrected chi connectivity index (χ2v) is 3.50. The Morgan fingerprint density at radius 1 is 1.44 bits per heavy atom. The predicted molar refractivity (Wildman–Crippen MR) is 58.4 cm³/mol. The molecule has 0 saturated carbocycles. The van der Waals surface area contributed by atoms with Crippen LogP contribution in [0.5, 0.6) is 0 Å². The predicted octanol–water partition coefficient (Wildman–Crippen LogP) is 1.31. The fraction of sp³-hybridized carbons (Fsp3) is 0.364. The SMILES string of the molecule is CCC(C)NC(=O)c1cccc(C(=O)O)n1. The van der Waals surface area contributed by atoms with Crippen molar-refractivity contribution in [1.29, 1.82) is 0 Å². The van der Waals surface area contributed by atoms with Gasteiger partial charge in [0.25, 0.3) is 5.91 Å². The maximum absolute atomic E-state index is 11.6. The first-order chi connectivity index (χ1) is 7.54.